The topological polar surface area (TPSA) is 58.6 Å². The lowest BCUT2D eigenvalue weighted by molar-refractivity contribution is -0.136. The number of thioether (sulfide) groups is 1. The molecule has 0 saturated carbocycles. The van der Waals surface area contributed by atoms with E-state index in [2.05, 4.69) is 26.7 Å². The summed E-state index contributed by atoms with van der Waals surface area (Å²) < 4.78 is 5.15. The van der Waals surface area contributed by atoms with Gasteiger partial charge >= 0.3 is 0 Å². The average Bonchev–Trinajstić information content (AvgIpc) is 2.61. The summed E-state index contributed by atoms with van der Waals surface area (Å²) in [5.41, 5.74) is 0. The van der Waals surface area contributed by atoms with E-state index in [1.165, 1.54) is 0 Å². The van der Waals surface area contributed by atoms with Crippen LogP contribution in [0.1, 0.15) is 19.8 Å². The minimum Gasteiger partial charge on any atom is -0.481 e. The minimum atomic E-state index is 0.146. The molecule has 2 aliphatic rings. The fourth-order valence-electron chi connectivity index (χ4n) is 3.20. The normalized spacial score (nSPS) is 23.0. The molecule has 2 saturated heterocycles. The van der Waals surface area contributed by atoms with Gasteiger partial charge < -0.3 is 14.5 Å². The lowest BCUT2D eigenvalue weighted by Crippen LogP contribution is -2.47. The number of methoxy groups -OCH3 is 1. The summed E-state index contributed by atoms with van der Waals surface area (Å²) in [6.45, 7) is 5.63. The van der Waals surface area contributed by atoms with Crippen LogP contribution in [0.5, 0.6) is 5.88 Å². The molecule has 0 N–H and O–H groups in total. The molecule has 3 rings (SSSR count). The van der Waals surface area contributed by atoms with E-state index in [1.807, 2.05) is 11.8 Å². The highest BCUT2D eigenvalue weighted by molar-refractivity contribution is 7.99. The van der Waals surface area contributed by atoms with Gasteiger partial charge in [-0.3, -0.25) is 4.79 Å². The molecular weight excluding hydrogens is 312 g/mol. The van der Waals surface area contributed by atoms with Gasteiger partial charge in [-0.1, -0.05) is 6.92 Å². The van der Waals surface area contributed by atoms with Gasteiger partial charge in [-0.05, 0) is 12.8 Å². The summed E-state index contributed by atoms with van der Waals surface area (Å²) in [5.74, 6) is 2.81. The van der Waals surface area contributed by atoms with Gasteiger partial charge in [0.2, 0.25) is 17.7 Å². The third-order valence-electron chi connectivity index (χ3n) is 4.51. The Morgan fingerprint density at radius 2 is 2.13 bits per heavy atom. The van der Waals surface area contributed by atoms with E-state index in [-0.39, 0.29) is 5.92 Å². The molecule has 0 radical (unpaired) electrons. The second-order valence-electron chi connectivity index (χ2n) is 6.13. The van der Waals surface area contributed by atoms with E-state index in [9.17, 15) is 4.79 Å². The number of rotatable bonds is 3. The van der Waals surface area contributed by atoms with E-state index >= 15 is 0 Å². The molecule has 2 fully saturated rings. The second kappa shape index (κ2) is 7.38. The van der Waals surface area contributed by atoms with Crippen molar-refractivity contribution in [3.63, 3.8) is 0 Å². The molecule has 0 spiro atoms. The predicted molar refractivity (Wildman–Crippen MR) is 92.0 cm³/mol. The molecule has 1 amide bonds. The van der Waals surface area contributed by atoms with E-state index in [4.69, 9.17) is 4.74 Å². The molecule has 2 aliphatic heterocycles. The first-order valence-corrected chi connectivity index (χ1v) is 9.24. The number of carbonyl (C=O) groups is 1. The smallest absolute Gasteiger partial charge is 0.228 e. The van der Waals surface area contributed by atoms with Crippen molar-refractivity contribution in [3.05, 3.63) is 12.3 Å². The molecule has 3 heterocycles. The molecule has 23 heavy (non-hydrogen) atoms. The highest BCUT2D eigenvalue weighted by atomic mass is 32.2. The van der Waals surface area contributed by atoms with Gasteiger partial charge in [0.15, 0.2) is 0 Å². The van der Waals surface area contributed by atoms with Gasteiger partial charge in [-0.2, -0.15) is 16.7 Å². The number of piperidine rings is 1. The Balaban J connectivity index is 1.56. The van der Waals surface area contributed by atoms with Gasteiger partial charge in [0, 0.05) is 55.4 Å². The van der Waals surface area contributed by atoms with E-state index < -0.39 is 0 Å². The molecule has 0 aliphatic carbocycles. The maximum absolute atomic E-state index is 12.7. The Kier molecular flexibility index (Phi) is 5.25. The molecule has 0 aromatic carbocycles. The maximum atomic E-state index is 12.7. The number of hydrogen-bond acceptors (Lipinski definition) is 6. The molecule has 1 aromatic rings. The van der Waals surface area contributed by atoms with Crippen LogP contribution in [0.2, 0.25) is 0 Å². The van der Waals surface area contributed by atoms with Crippen molar-refractivity contribution >= 4 is 23.6 Å². The van der Waals surface area contributed by atoms with E-state index in [0.717, 1.165) is 44.8 Å². The van der Waals surface area contributed by atoms with E-state index in [0.29, 0.717) is 23.0 Å². The van der Waals surface area contributed by atoms with Crippen LogP contribution in [-0.4, -0.2) is 65.1 Å². The predicted octanol–water partition coefficient (Wildman–Crippen LogP) is 1.67. The monoisotopic (exact) mass is 336 g/mol. The van der Waals surface area contributed by atoms with Crippen molar-refractivity contribution < 1.29 is 9.53 Å². The van der Waals surface area contributed by atoms with Crippen molar-refractivity contribution in [2.75, 3.05) is 43.9 Å². The molecule has 1 atom stereocenters. The van der Waals surface area contributed by atoms with Crippen molar-refractivity contribution in [1.82, 2.24) is 14.9 Å². The second-order valence-corrected chi connectivity index (χ2v) is 7.67. The lowest BCUT2D eigenvalue weighted by atomic mass is 9.95. The number of carbonyl (C=O) groups excluding carboxylic acids is 1. The SMILES string of the molecule is COc1ccnc(N2CCC(C(=O)N3CCS[C@H](C)C3)CC2)n1. The molecule has 126 valence electrons. The van der Waals surface area contributed by atoms with Crippen LogP contribution in [0.3, 0.4) is 0 Å². The average molecular weight is 336 g/mol. The third kappa shape index (κ3) is 3.88. The first kappa shape index (κ1) is 16.4. The first-order valence-electron chi connectivity index (χ1n) is 8.19. The number of nitrogens with zero attached hydrogens (tertiary/aromatic N) is 4. The third-order valence-corrected chi connectivity index (χ3v) is 5.64. The van der Waals surface area contributed by atoms with Crippen molar-refractivity contribution in [1.29, 1.82) is 0 Å². The molecule has 7 heteroatoms. The van der Waals surface area contributed by atoms with Crippen molar-refractivity contribution in [3.8, 4) is 5.88 Å². The Morgan fingerprint density at radius 3 is 2.83 bits per heavy atom. The molecule has 0 unspecified atom stereocenters. The Bertz CT molecular complexity index is 549. The summed E-state index contributed by atoms with van der Waals surface area (Å²) in [5, 5.41) is 0.554. The van der Waals surface area contributed by atoms with Crippen molar-refractivity contribution in [2.45, 2.75) is 25.0 Å². The number of anilines is 1. The Morgan fingerprint density at radius 1 is 1.35 bits per heavy atom. The van der Waals surface area contributed by atoms with Crippen LogP contribution in [-0.2, 0) is 4.79 Å². The highest BCUT2D eigenvalue weighted by Crippen LogP contribution is 2.26. The lowest BCUT2D eigenvalue weighted by Gasteiger charge is -2.36. The zero-order valence-corrected chi connectivity index (χ0v) is 14.6. The largest absolute Gasteiger partial charge is 0.481 e. The fraction of sp³-hybridized carbons (Fsp3) is 0.688. The Hall–Kier alpha value is -1.50. The number of ether oxygens (including phenoxy) is 1. The number of hydrogen-bond donors (Lipinski definition) is 0. The van der Waals surface area contributed by atoms with E-state index in [1.54, 1.807) is 19.4 Å². The summed E-state index contributed by atoms with van der Waals surface area (Å²) in [7, 11) is 1.61. The van der Waals surface area contributed by atoms with Crippen LogP contribution >= 0.6 is 11.8 Å². The fourth-order valence-corrected chi connectivity index (χ4v) is 4.22. The summed E-state index contributed by atoms with van der Waals surface area (Å²) in [4.78, 5) is 25.6. The van der Waals surface area contributed by atoms with Crippen LogP contribution < -0.4 is 9.64 Å². The summed E-state index contributed by atoms with van der Waals surface area (Å²) in [6, 6.07) is 1.75. The minimum absolute atomic E-state index is 0.146. The zero-order valence-electron chi connectivity index (χ0n) is 13.8. The van der Waals surface area contributed by atoms with Gasteiger partial charge in [0.25, 0.3) is 0 Å². The molecular formula is C16H24N4O2S. The van der Waals surface area contributed by atoms with Crippen LogP contribution in [0.25, 0.3) is 0 Å². The van der Waals surface area contributed by atoms with Gasteiger partial charge in [-0.25, -0.2) is 4.98 Å². The molecule has 0 bridgehead atoms. The number of aromatic nitrogens is 2. The Labute approximate surface area is 141 Å². The quantitative estimate of drug-likeness (QED) is 0.837. The van der Waals surface area contributed by atoms with Gasteiger partial charge in [0.05, 0.1) is 7.11 Å². The number of amides is 1. The molecule has 1 aromatic heterocycles. The maximum Gasteiger partial charge on any atom is 0.228 e. The zero-order chi connectivity index (χ0) is 16.2. The summed E-state index contributed by atoms with van der Waals surface area (Å²) in [6.07, 6.45) is 3.46. The standard InChI is InChI=1S/C16H24N4O2S/c1-12-11-20(9-10-23-12)15(21)13-4-7-19(8-5-13)16-17-6-3-14(18-16)22-2/h3,6,12-13H,4-5,7-11H2,1-2H3/t12-/m1/s1. The first-order chi connectivity index (χ1) is 11.2. The van der Waals surface area contributed by atoms with Crippen LogP contribution in [0.15, 0.2) is 12.3 Å². The highest BCUT2D eigenvalue weighted by Gasteiger charge is 2.31. The van der Waals surface area contributed by atoms with Crippen molar-refractivity contribution in [2.24, 2.45) is 5.92 Å². The molecule has 6 nitrogen and oxygen atoms in total. The van der Waals surface area contributed by atoms with Gasteiger partial charge in [0.1, 0.15) is 0 Å². The van der Waals surface area contributed by atoms with Gasteiger partial charge in [-0.15, -0.1) is 0 Å². The van der Waals surface area contributed by atoms with Crippen LogP contribution in [0, 0.1) is 5.92 Å². The van der Waals surface area contributed by atoms with Crippen LogP contribution in [0.4, 0.5) is 5.95 Å². The summed E-state index contributed by atoms with van der Waals surface area (Å²) >= 11 is 1.96.